The van der Waals surface area contributed by atoms with Gasteiger partial charge in [-0.3, -0.25) is 0 Å². The summed E-state index contributed by atoms with van der Waals surface area (Å²) in [5, 5.41) is 9.21. The summed E-state index contributed by atoms with van der Waals surface area (Å²) >= 11 is 0. The topological polar surface area (TPSA) is 55.8 Å². The van der Waals surface area contributed by atoms with Crippen LogP contribution in [0, 0.1) is 12.3 Å². The fourth-order valence-electron chi connectivity index (χ4n) is 2.04. The molecule has 0 aromatic heterocycles. The van der Waals surface area contributed by atoms with Crippen LogP contribution in [0.25, 0.3) is 0 Å². The molecule has 0 atom stereocenters. The summed E-state index contributed by atoms with van der Waals surface area (Å²) in [6.07, 6.45) is 0. The standard InChI is InChI=1S/C13H17BO4/c1-9-5-4-6-10(12(15)16)11(9)14-17-7-13(2,3)8-18-14/h4-6H,7-8H2,1-3H3,(H,15,16). The van der Waals surface area contributed by atoms with Crippen LogP contribution in [0.3, 0.4) is 0 Å². The maximum atomic E-state index is 11.2. The normalized spacial score (nSPS) is 18.7. The van der Waals surface area contributed by atoms with Gasteiger partial charge in [-0.2, -0.15) is 0 Å². The summed E-state index contributed by atoms with van der Waals surface area (Å²) in [6, 6.07) is 5.18. The number of hydrogen-bond donors (Lipinski definition) is 1. The van der Waals surface area contributed by atoms with Crippen LogP contribution < -0.4 is 5.46 Å². The van der Waals surface area contributed by atoms with Gasteiger partial charge in [-0.15, -0.1) is 0 Å². The average molecular weight is 248 g/mol. The van der Waals surface area contributed by atoms with E-state index in [0.29, 0.717) is 18.7 Å². The largest absolute Gasteiger partial charge is 0.495 e. The minimum absolute atomic E-state index is 0.0252. The Morgan fingerprint density at radius 1 is 1.33 bits per heavy atom. The van der Waals surface area contributed by atoms with Gasteiger partial charge in [-0.05, 0) is 18.5 Å². The van der Waals surface area contributed by atoms with E-state index in [4.69, 9.17) is 9.31 Å². The molecule has 1 fully saturated rings. The third kappa shape index (κ3) is 2.57. The van der Waals surface area contributed by atoms with Crippen molar-refractivity contribution in [1.29, 1.82) is 0 Å². The zero-order valence-electron chi connectivity index (χ0n) is 10.9. The minimum Gasteiger partial charge on any atom is -0.478 e. The van der Waals surface area contributed by atoms with Gasteiger partial charge in [0.2, 0.25) is 0 Å². The molecule has 1 heterocycles. The zero-order chi connectivity index (χ0) is 13.3. The third-order valence-corrected chi connectivity index (χ3v) is 3.04. The van der Waals surface area contributed by atoms with E-state index in [1.54, 1.807) is 12.1 Å². The SMILES string of the molecule is Cc1cccc(C(=O)O)c1B1OCC(C)(C)CO1. The molecule has 0 saturated carbocycles. The van der Waals surface area contributed by atoms with Crippen LogP contribution >= 0.6 is 0 Å². The first-order valence-electron chi connectivity index (χ1n) is 5.97. The van der Waals surface area contributed by atoms with E-state index in [-0.39, 0.29) is 11.0 Å². The highest BCUT2D eigenvalue weighted by atomic mass is 16.6. The number of rotatable bonds is 2. The van der Waals surface area contributed by atoms with E-state index in [1.165, 1.54) is 0 Å². The molecule has 4 nitrogen and oxygen atoms in total. The first-order valence-corrected chi connectivity index (χ1v) is 5.97. The molecule has 2 rings (SSSR count). The second kappa shape index (κ2) is 4.74. The highest BCUT2D eigenvalue weighted by molar-refractivity contribution is 6.63. The van der Waals surface area contributed by atoms with Crippen molar-refractivity contribution in [3.63, 3.8) is 0 Å². The maximum Gasteiger partial charge on any atom is 0.495 e. The number of aromatic carboxylic acids is 1. The van der Waals surface area contributed by atoms with Crippen molar-refractivity contribution in [1.82, 2.24) is 0 Å². The molecular weight excluding hydrogens is 231 g/mol. The monoisotopic (exact) mass is 248 g/mol. The van der Waals surface area contributed by atoms with Crippen molar-refractivity contribution in [2.75, 3.05) is 13.2 Å². The van der Waals surface area contributed by atoms with Crippen LogP contribution in [0.1, 0.15) is 29.8 Å². The second-order valence-electron chi connectivity index (χ2n) is 5.46. The molecule has 0 bridgehead atoms. The molecular formula is C13H17BO4. The molecule has 1 aromatic carbocycles. The summed E-state index contributed by atoms with van der Waals surface area (Å²) in [5.41, 5.74) is 1.72. The summed E-state index contributed by atoms with van der Waals surface area (Å²) in [5.74, 6) is -0.953. The van der Waals surface area contributed by atoms with Gasteiger partial charge >= 0.3 is 13.1 Å². The van der Waals surface area contributed by atoms with Crippen molar-refractivity contribution in [2.45, 2.75) is 20.8 Å². The lowest BCUT2D eigenvalue weighted by Gasteiger charge is -2.33. The van der Waals surface area contributed by atoms with Crippen molar-refractivity contribution in [3.8, 4) is 0 Å². The highest BCUT2D eigenvalue weighted by Crippen LogP contribution is 2.22. The third-order valence-electron chi connectivity index (χ3n) is 3.04. The molecule has 0 aliphatic carbocycles. The van der Waals surface area contributed by atoms with Gasteiger partial charge in [0.1, 0.15) is 0 Å². The lowest BCUT2D eigenvalue weighted by molar-refractivity contribution is 0.0340. The number of aryl methyl sites for hydroxylation is 1. The molecule has 1 aromatic rings. The van der Waals surface area contributed by atoms with E-state index >= 15 is 0 Å². The molecule has 0 radical (unpaired) electrons. The molecule has 0 unspecified atom stereocenters. The summed E-state index contributed by atoms with van der Waals surface area (Å²) in [4.78, 5) is 11.2. The Morgan fingerprint density at radius 2 is 1.94 bits per heavy atom. The van der Waals surface area contributed by atoms with Crippen molar-refractivity contribution < 1.29 is 19.2 Å². The number of carboxylic acids is 1. The van der Waals surface area contributed by atoms with E-state index in [9.17, 15) is 9.90 Å². The van der Waals surface area contributed by atoms with E-state index in [0.717, 1.165) is 5.56 Å². The summed E-state index contributed by atoms with van der Waals surface area (Å²) in [7, 11) is -0.578. The van der Waals surface area contributed by atoms with Gasteiger partial charge in [0.25, 0.3) is 0 Å². The predicted octanol–water partition coefficient (Wildman–Crippen LogP) is 1.46. The minimum atomic E-state index is -0.953. The molecule has 5 heteroatoms. The Hall–Kier alpha value is -1.33. The van der Waals surface area contributed by atoms with Crippen LogP contribution in [0.2, 0.25) is 0 Å². The molecule has 0 spiro atoms. The van der Waals surface area contributed by atoms with Gasteiger partial charge in [-0.25, -0.2) is 4.79 Å². The van der Waals surface area contributed by atoms with E-state index in [2.05, 4.69) is 13.8 Å². The smallest absolute Gasteiger partial charge is 0.478 e. The molecule has 1 aliphatic heterocycles. The van der Waals surface area contributed by atoms with Gasteiger partial charge in [0, 0.05) is 18.6 Å². The number of hydrogen-bond acceptors (Lipinski definition) is 3. The van der Waals surface area contributed by atoms with Crippen LogP contribution in [-0.4, -0.2) is 31.4 Å². The Labute approximate surface area is 107 Å². The first kappa shape index (κ1) is 13.1. The van der Waals surface area contributed by atoms with Crippen LogP contribution in [0.5, 0.6) is 0 Å². The van der Waals surface area contributed by atoms with Crippen LogP contribution in [0.4, 0.5) is 0 Å². The number of benzene rings is 1. The van der Waals surface area contributed by atoms with E-state index < -0.39 is 13.1 Å². The van der Waals surface area contributed by atoms with Gasteiger partial charge in [0.05, 0.1) is 5.56 Å². The van der Waals surface area contributed by atoms with Gasteiger partial charge in [-0.1, -0.05) is 31.5 Å². The zero-order valence-corrected chi connectivity index (χ0v) is 10.9. The molecule has 0 amide bonds. The Bertz CT molecular complexity index is 460. The van der Waals surface area contributed by atoms with Crippen molar-refractivity contribution in [2.24, 2.45) is 5.41 Å². The van der Waals surface area contributed by atoms with Crippen molar-refractivity contribution in [3.05, 3.63) is 29.3 Å². The molecule has 1 aliphatic rings. The molecule has 1 N–H and O–H groups in total. The van der Waals surface area contributed by atoms with Crippen molar-refractivity contribution >= 4 is 18.6 Å². The molecule has 18 heavy (non-hydrogen) atoms. The Kier molecular flexibility index (Phi) is 3.46. The maximum absolute atomic E-state index is 11.2. The lowest BCUT2D eigenvalue weighted by Crippen LogP contribution is -2.49. The Balaban J connectivity index is 2.31. The highest BCUT2D eigenvalue weighted by Gasteiger charge is 2.36. The van der Waals surface area contributed by atoms with Crippen LogP contribution in [0.15, 0.2) is 18.2 Å². The summed E-state index contributed by atoms with van der Waals surface area (Å²) < 4.78 is 11.3. The lowest BCUT2D eigenvalue weighted by atomic mass is 9.71. The fourth-order valence-corrected chi connectivity index (χ4v) is 2.04. The molecule has 1 saturated heterocycles. The average Bonchev–Trinajstić information content (AvgIpc) is 2.29. The van der Waals surface area contributed by atoms with E-state index in [1.807, 2.05) is 13.0 Å². The quantitative estimate of drug-likeness (QED) is 0.805. The van der Waals surface area contributed by atoms with Gasteiger partial charge in [0.15, 0.2) is 0 Å². The van der Waals surface area contributed by atoms with Gasteiger partial charge < -0.3 is 14.4 Å². The fraction of sp³-hybridized carbons (Fsp3) is 0.462. The van der Waals surface area contributed by atoms with Crippen LogP contribution in [-0.2, 0) is 9.31 Å². The molecule has 96 valence electrons. The second-order valence-corrected chi connectivity index (χ2v) is 5.46. The number of carboxylic acid groups (broad SMARTS) is 1. The first-order chi connectivity index (χ1) is 8.41. The predicted molar refractivity (Wildman–Crippen MR) is 69.2 cm³/mol. The number of carbonyl (C=O) groups is 1. The summed E-state index contributed by atoms with van der Waals surface area (Å²) in [6.45, 7) is 7.10. The Morgan fingerprint density at radius 3 is 2.50 bits per heavy atom.